The molecule has 0 aliphatic carbocycles. The van der Waals surface area contributed by atoms with E-state index in [2.05, 4.69) is 20.2 Å². The Balaban J connectivity index is 1.85. The molecule has 1 saturated heterocycles. The van der Waals surface area contributed by atoms with Crippen LogP contribution in [0.25, 0.3) is 0 Å². The van der Waals surface area contributed by atoms with Gasteiger partial charge < -0.3 is 20.9 Å². The summed E-state index contributed by atoms with van der Waals surface area (Å²) in [6.07, 6.45) is 5.87. The van der Waals surface area contributed by atoms with Crippen LogP contribution in [0.1, 0.15) is 46.9 Å². The molecule has 0 bridgehead atoms. The van der Waals surface area contributed by atoms with E-state index in [9.17, 15) is 9.59 Å². The number of imidazole rings is 1. The quantitative estimate of drug-likeness (QED) is 0.797. The Morgan fingerprint density at radius 1 is 1.29 bits per heavy atom. The first-order chi connectivity index (χ1) is 11.6. The molecule has 2 amide bonds. The van der Waals surface area contributed by atoms with Crippen molar-refractivity contribution in [2.24, 2.45) is 5.73 Å². The van der Waals surface area contributed by atoms with Crippen LogP contribution in [-0.4, -0.2) is 34.9 Å². The normalized spacial score (nSPS) is 19.9. The fourth-order valence-corrected chi connectivity index (χ4v) is 3.63. The first kappa shape index (κ1) is 14.7. The van der Waals surface area contributed by atoms with Crippen LogP contribution in [0.5, 0.6) is 0 Å². The van der Waals surface area contributed by atoms with Crippen LogP contribution in [0.4, 0.5) is 11.4 Å². The zero-order chi connectivity index (χ0) is 16.7. The summed E-state index contributed by atoms with van der Waals surface area (Å²) in [6.45, 7) is 1.79. The number of carbonyl (C=O) groups is 2. The van der Waals surface area contributed by atoms with Crippen LogP contribution in [-0.2, 0) is 4.79 Å². The van der Waals surface area contributed by atoms with Crippen LogP contribution < -0.4 is 16.0 Å². The molecule has 2 aliphatic heterocycles. The molecule has 0 spiro atoms. The average molecular weight is 325 g/mol. The van der Waals surface area contributed by atoms with E-state index in [1.54, 1.807) is 12.4 Å². The third kappa shape index (κ3) is 2.42. The second-order valence-electron chi connectivity index (χ2n) is 6.29. The van der Waals surface area contributed by atoms with Gasteiger partial charge in [0.1, 0.15) is 5.82 Å². The van der Waals surface area contributed by atoms with Crippen LogP contribution in [0, 0.1) is 0 Å². The topological polar surface area (TPSA) is 104 Å². The Morgan fingerprint density at radius 3 is 2.75 bits per heavy atom. The molecule has 4 rings (SSSR count). The number of benzene rings is 1. The Kier molecular flexibility index (Phi) is 3.48. The number of primary amides is 1. The van der Waals surface area contributed by atoms with Crippen LogP contribution in [0.3, 0.4) is 0 Å². The molecule has 2 aliphatic rings. The number of nitrogens with zero attached hydrogens (tertiary/aromatic N) is 2. The summed E-state index contributed by atoms with van der Waals surface area (Å²) >= 11 is 0. The van der Waals surface area contributed by atoms with E-state index in [1.165, 1.54) is 0 Å². The maximum absolute atomic E-state index is 12.1. The third-order valence-corrected chi connectivity index (χ3v) is 4.77. The molecule has 1 fully saturated rings. The van der Waals surface area contributed by atoms with Crippen molar-refractivity contribution in [1.29, 1.82) is 0 Å². The molecule has 1 aromatic carbocycles. The van der Waals surface area contributed by atoms with Gasteiger partial charge in [-0.2, -0.15) is 0 Å². The predicted molar refractivity (Wildman–Crippen MR) is 90.1 cm³/mol. The Bertz CT molecular complexity index is 794. The summed E-state index contributed by atoms with van der Waals surface area (Å²) in [5.74, 6) is 0.0165. The lowest BCUT2D eigenvalue weighted by Gasteiger charge is -2.28. The van der Waals surface area contributed by atoms with E-state index in [0.29, 0.717) is 12.0 Å². The average Bonchev–Trinajstić information content (AvgIpc) is 3.26. The first-order valence-electron chi connectivity index (χ1n) is 8.15. The smallest absolute Gasteiger partial charge is 0.250 e. The van der Waals surface area contributed by atoms with Gasteiger partial charge in [-0.25, -0.2) is 4.98 Å². The van der Waals surface area contributed by atoms with Gasteiger partial charge in [-0.3, -0.25) is 9.59 Å². The third-order valence-electron chi connectivity index (χ3n) is 4.77. The second kappa shape index (κ2) is 5.67. The number of aromatic nitrogens is 2. The Labute approximate surface area is 139 Å². The van der Waals surface area contributed by atoms with Crippen molar-refractivity contribution in [3.63, 3.8) is 0 Å². The van der Waals surface area contributed by atoms with Crippen LogP contribution in [0.15, 0.2) is 24.5 Å². The van der Waals surface area contributed by atoms with Crippen LogP contribution >= 0.6 is 0 Å². The van der Waals surface area contributed by atoms with Crippen LogP contribution in [0.2, 0.25) is 0 Å². The van der Waals surface area contributed by atoms with Gasteiger partial charge in [0.2, 0.25) is 5.91 Å². The molecule has 1 atom stereocenters. The van der Waals surface area contributed by atoms with Gasteiger partial charge in [-0.1, -0.05) is 0 Å². The summed E-state index contributed by atoms with van der Waals surface area (Å²) in [5, 5.41) is 2.92. The Morgan fingerprint density at radius 2 is 2.08 bits per heavy atom. The number of aromatic amines is 1. The molecule has 7 nitrogen and oxygen atoms in total. The number of hydrogen-bond donors (Lipinski definition) is 3. The van der Waals surface area contributed by atoms with Gasteiger partial charge >= 0.3 is 0 Å². The maximum atomic E-state index is 12.1. The fourth-order valence-electron chi connectivity index (χ4n) is 3.63. The molecule has 0 radical (unpaired) electrons. The number of nitrogens with two attached hydrogens (primary N) is 1. The van der Waals surface area contributed by atoms with Gasteiger partial charge in [-0.05, 0) is 30.5 Å². The van der Waals surface area contributed by atoms with E-state index >= 15 is 0 Å². The zero-order valence-corrected chi connectivity index (χ0v) is 13.2. The molecule has 124 valence electrons. The predicted octanol–water partition coefficient (Wildman–Crippen LogP) is 1.58. The number of H-pyrrole nitrogens is 1. The Hall–Kier alpha value is -2.83. The molecule has 4 N–H and O–H groups in total. The number of anilines is 2. The molecule has 24 heavy (non-hydrogen) atoms. The van der Waals surface area contributed by atoms with Crippen molar-refractivity contribution in [2.45, 2.75) is 25.2 Å². The number of hydrogen-bond acceptors (Lipinski definition) is 4. The highest BCUT2D eigenvalue weighted by atomic mass is 16.2. The van der Waals surface area contributed by atoms with Crippen molar-refractivity contribution in [1.82, 2.24) is 9.97 Å². The summed E-state index contributed by atoms with van der Waals surface area (Å²) in [7, 11) is 0. The monoisotopic (exact) mass is 325 g/mol. The van der Waals surface area contributed by atoms with E-state index in [4.69, 9.17) is 5.73 Å². The lowest BCUT2D eigenvalue weighted by atomic mass is 9.87. The number of nitrogens with one attached hydrogen (secondary N) is 2. The minimum atomic E-state index is -0.449. The van der Waals surface area contributed by atoms with E-state index in [1.807, 2.05) is 12.1 Å². The molecular formula is C17H19N5O2. The van der Waals surface area contributed by atoms with Gasteiger partial charge in [0.05, 0.1) is 17.2 Å². The van der Waals surface area contributed by atoms with Gasteiger partial charge in [-0.15, -0.1) is 0 Å². The van der Waals surface area contributed by atoms with Gasteiger partial charge in [0.15, 0.2) is 0 Å². The summed E-state index contributed by atoms with van der Waals surface area (Å²) in [4.78, 5) is 33.6. The van der Waals surface area contributed by atoms with Crippen molar-refractivity contribution < 1.29 is 9.59 Å². The minimum absolute atomic E-state index is 0.0527. The highest BCUT2D eigenvalue weighted by Gasteiger charge is 2.31. The molecule has 3 heterocycles. The molecule has 1 unspecified atom stereocenters. The molecule has 1 aromatic heterocycles. The van der Waals surface area contributed by atoms with Crippen molar-refractivity contribution >= 4 is 23.2 Å². The lowest BCUT2D eigenvalue weighted by Crippen LogP contribution is -2.28. The molecule has 2 aromatic rings. The molecule has 7 heteroatoms. The fraction of sp³-hybridized carbons (Fsp3) is 0.353. The SMILES string of the molecule is NC(=O)c1cc2c(cc1N1CCCC1)NC(=O)CC2c1ncc[nH]1. The molecule has 0 saturated carbocycles. The lowest BCUT2D eigenvalue weighted by molar-refractivity contribution is -0.116. The minimum Gasteiger partial charge on any atom is -0.371 e. The first-order valence-corrected chi connectivity index (χ1v) is 8.15. The van der Waals surface area contributed by atoms with Crippen molar-refractivity contribution in [2.75, 3.05) is 23.3 Å². The largest absolute Gasteiger partial charge is 0.371 e. The molecular weight excluding hydrogens is 306 g/mol. The highest BCUT2D eigenvalue weighted by Crippen LogP contribution is 2.40. The summed E-state index contributed by atoms with van der Waals surface area (Å²) < 4.78 is 0. The zero-order valence-electron chi connectivity index (χ0n) is 13.2. The summed E-state index contributed by atoms with van der Waals surface area (Å²) in [5.41, 5.74) is 8.55. The van der Waals surface area contributed by atoms with E-state index in [0.717, 1.165) is 48.7 Å². The number of carbonyl (C=O) groups excluding carboxylic acids is 2. The highest BCUT2D eigenvalue weighted by molar-refractivity contribution is 6.02. The van der Waals surface area contributed by atoms with Gasteiger partial charge in [0, 0.05) is 37.6 Å². The summed E-state index contributed by atoms with van der Waals surface area (Å²) in [6, 6.07) is 3.70. The maximum Gasteiger partial charge on any atom is 0.250 e. The van der Waals surface area contributed by atoms with Gasteiger partial charge in [0.25, 0.3) is 5.91 Å². The number of amides is 2. The van der Waals surface area contributed by atoms with Crippen molar-refractivity contribution in [3.8, 4) is 0 Å². The number of rotatable bonds is 3. The second-order valence-corrected chi connectivity index (χ2v) is 6.29. The van der Waals surface area contributed by atoms with E-state index in [-0.39, 0.29) is 11.8 Å². The van der Waals surface area contributed by atoms with E-state index < -0.39 is 5.91 Å². The number of fused-ring (bicyclic) bond motifs is 1. The van der Waals surface area contributed by atoms with Crippen molar-refractivity contribution in [3.05, 3.63) is 41.5 Å². The standard InChI is InChI=1S/C17H19N5O2/c18-16(24)12-7-10-11(17-19-3-4-20-17)8-15(23)21-13(10)9-14(12)22-5-1-2-6-22/h3-4,7,9,11H,1-2,5-6,8H2,(H2,18,24)(H,19,20)(H,21,23).